The summed E-state index contributed by atoms with van der Waals surface area (Å²) in [7, 11) is 0. The van der Waals surface area contributed by atoms with Crippen molar-refractivity contribution in [3.05, 3.63) is 57.5 Å². The first-order valence-electron chi connectivity index (χ1n) is 4.39. The molecular weight excluding hydrogens is 262 g/mol. The lowest BCUT2D eigenvalue weighted by atomic mass is 11.1. The molecule has 76 valence electrons. The van der Waals surface area contributed by atoms with Crippen LogP contribution in [0.2, 0.25) is 15.1 Å². The van der Waals surface area contributed by atoms with Crippen LogP contribution in [0.1, 0.15) is 0 Å². The molecule has 3 heteroatoms. The van der Waals surface area contributed by atoms with E-state index in [1.165, 1.54) is 0 Å². The SMILES string of the molecule is Cl[13c]1[13cH][13cH][13cH][13cH][13c]1-[13c]1[13c](Cl)[13cH][13cH][13cH][13c]1Cl. The van der Waals surface area contributed by atoms with Crippen LogP contribution in [0.15, 0.2) is 42.5 Å². The second-order valence-corrected chi connectivity index (χ2v) is 4.30. The van der Waals surface area contributed by atoms with Crippen LogP contribution in [0, 0.1) is 0 Å². The fourth-order valence-corrected chi connectivity index (χ4v) is 2.25. The summed E-state index contributed by atoms with van der Waals surface area (Å²) in [6, 6.07) is 12.9. The average molecular weight is 269 g/mol. The van der Waals surface area contributed by atoms with Gasteiger partial charge in [-0.05, 0) is 18.2 Å². The van der Waals surface area contributed by atoms with E-state index >= 15 is 0 Å². The fourth-order valence-electron chi connectivity index (χ4n) is 1.42. The summed E-state index contributed by atoms with van der Waals surface area (Å²) in [6.45, 7) is 0. The minimum Gasteiger partial charge on any atom is -0.0837 e. The Kier molecular flexibility index (Phi) is 3.20. The molecule has 0 aliphatic rings. The zero-order valence-corrected chi connectivity index (χ0v) is 9.94. The molecule has 0 aliphatic carbocycles. The van der Waals surface area contributed by atoms with Gasteiger partial charge in [0, 0.05) is 26.2 Å². The number of benzene rings is 2. The Hall–Kier alpha value is -0.690. The lowest BCUT2D eigenvalue weighted by Crippen LogP contribution is -1.82. The number of halogens is 3. The quantitative estimate of drug-likeness (QED) is 0.658. The zero-order valence-electron chi connectivity index (χ0n) is 7.68. The molecule has 0 atom stereocenters. The smallest absolute Gasteiger partial charge is 0.0499 e. The first-order valence-corrected chi connectivity index (χ1v) is 5.52. The summed E-state index contributed by atoms with van der Waals surface area (Å²) < 4.78 is 0. The van der Waals surface area contributed by atoms with Crippen LogP contribution in [-0.4, -0.2) is 0 Å². The molecule has 0 saturated carbocycles. The van der Waals surface area contributed by atoms with Crippen molar-refractivity contribution in [2.45, 2.75) is 0 Å². The summed E-state index contributed by atoms with van der Waals surface area (Å²) in [6.07, 6.45) is 0. The first kappa shape index (κ1) is 10.8. The van der Waals surface area contributed by atoms with E-state index < -0.39 is 0 Å². The normalized spacial score (nSPS) is 10.3. The van der Waals surface area contributed by atoms with Crippen LogP contribution in [0.3, 0.4) is 0 Å². The molecule has 2 aromatic rings. The maximum atomic E-state index is 6.09. The maximum Gasteiger partial charge on any atom is 0.0499 e. The zero-order chi connectivity index (χ0) is 10.8. The molecule has 0 bridgehead atoms. The van der Waals surface area contributed by atoms with Crippen LogP contribution in [0.25, 0.3) is 11.1 Å². The fraction of sp³-hybridized carbons (Fsp3) is 0. The molecular formula is C12H7Cl3. The van der Waals surface area contributed by atoms with E-state index in [0.717, 1.165) is 11.1 Å². The van der Waals surface area contributed by atoms with E-state index in [4.69, 9.17) is 34.8 Å². The molecule has 0 amide bonds. The molecule has 0 fully saturated rings. The number of hydrogen-bond acceptors (Lipinski definition) is 0. The molecule has 0 radical (unpaired) electrons. The van der Waals surface area contributed by atoms with E-state index in [-0.39, 0.29) is 0 Å². The van der Waals surface area contributed by atoms with Gasteiger partial charge in [0.2, 0.25) is 0 Å². The van der Waals surface area contributed by atoms with E-state index in [9.17, 15) is 0 Å². The Bertz CT molecular complexity index is 472. The summed E-state index contributed by atoms with van der Waals surface area (Å²) in [5, 5.41) is 1.86. The summed E-state index contributed by atoms with van der Waals surface area (Å²) >= 11 is 18.3. The topological polar surface area (TPSA) is 0 Å². The highest BCUT2D eigenvalue weighted by Crippen LogP contribution is 2.37. The standard InChI is InChI=1S/C12H7Cl3/c13-9-5-2-1-4-8(9)12-10(14)6-3-7-11(12)15/h1-7H/i1+1,2+1,3+1,4+1,5+1,6+1,7+1,8+1,9+1,10+1,11+1,12+1. The Morgan fingerprint density at radius 3 is 1.73 bits per heavy atom. The van der Waals surface area contributed by atoms with Crippen LogP contribution >= 0.6 is 34.8 Å². The van der Waals surface area contributed by atoms with E-state index in [2.05, 4.69) is 0 Å². The van der Waals surface area contributed by atoms with Gasteiger partial charge in [0.1, 0.15) is 0 Å². The predicted octanol–water partition coefficient (Wildman–Crippen LogP) is 5.31. The Balaban J connectivity index is 2.69. The molecule has 0 saturated heterocycles. The molecule has 0 nitrogen and oxygen atoms in total. The molecule has 2 rings (SSSR count). The molecule has 0 aromatic heterocycles. The van der Waals surface area contributed by atoms with Gasteiger partial charge in [-0.15, -0.1) is 0 Å². The predicted molar refractivity (Wildman–Crippen MR) is 66.9 cm³/mol. The second-order valence-electron chi connectivity index (χ2n) is 3.08. The van der Waals surface area contributed by atoms with Crippen LogP contribution in [0.4, 0.5) is 0 Å². The van der Waals surface area contributed by atoms with Gasteiger partial charge in [-0.3, -0.25) is 0 Å². The van der Waals surface area contributed by atoms with E-state index in [0.29, 0.717) is 15.1 Å². The van der Waals surface area contributed by atoms with Gasteiger partial charge in [-0.1, -0.05) is 59.1 Å². The molecule has 0 N–H and O–H groups in total. The first-order chi connectivity index (χ1) is 7.20. The maximum absolute atomic E-state index is 6.09. The highest BCUT2D eigenvalue weighted by Gasteiger charge is 2.10. The van der Waals surface area contributed by atoms with Crippen molar-refractivity contribution in [3.63, 3.8) is 0 Å². The highest BCUT2D eigenvalue weighted by molar-refractivity contribution is 6.41. The van der Waals surface area contributed by atoms with Crippen molar-refractivity contribution < 1.29 is 0 Å². The number of rotatable bonds is 1. The molecule has 2 aromatic carbocycles. The van der Waals surface area contributed by atoms with Gasteiger partial charge in [0.25, 0.3) is 0 Å². The highest BCUT2D eigenvalue weighted by atomic mass is 35.5. The van der Waals surface area contributed by atoms with Gasteiger partial charge in [-0.2, -0.15) is 0 Å². The minimum absolute atomic E-state index is 0.607. The minimum atomic E-state index is 0.607. The van der Waals surface area contributed by atoms with Crippen LogP contribution < -0.4 is 0 Å². The number of hydrogen-bond donors (Lipinski definition) is 0. The molecule has 15 heavy (non-hydrogen) atoms. The van der Waals surface area contributed by atoms with Crippen molar-refractivity contribution in [3.8, 4) is 11.1 Å². The lowest BCUT2D eigenvalue weighted by molar-refractivity contribution is 1.61. The van der Waals surface area contributed by atoms with Crippen molar-refractivity contribution in [1.29, 1.82) is 0 Å². The average Bonchev–Trinajstić information content (AvgIpc) is 2.20. The Morgan fingerprint density at radius 2 is 1.13 bits per heavy atom. The lowest BCUT2D eigenvalue weighted by Gasteiger charge is -2.08. The third-order valence-electron chi connectivity index (χ3n) is 2.11. The largest absolute Gasteiger partial charge is 0.0837 e. The van der Waals surface area contributed by atoms with Crippen molar-refractivity contribution in [1.82, 2.24) is 0 Å². The Labute approximate surface area is 103 Å². The summed E-state index contributed by atoms with van der Waals surface area (Å²) in [5.41, 5.74) is 1.64. The second kappa shape index (κ2) is 4.44. The van der Waals surface area contributed by atoms with Crippen molar-refractivity contribution in [2.75, 3.05) is 0 Å². The molecule has 0 heterocycles. The van der Waals surface area contributed by atoms with E-state index in [1.807, 2.05) is 30.3 Å². The summed E-state index contributed by atoms with van der Waals surface area (Å²) in [5.74, 6) is 0. The van der Waals surface area contributed by atoms with Crippen molar-refractivity contribution in [2.24, 2.45) is 0 Å². The van der Waals surface area contributed by atoms with Gasteiger partial charge in [0.05, 0.1) is 0 Å². The molecule has 0 unspecified atom stereocenters. The molecule has 0 aliphatic heterocycles. The third-order valence-corrected chi connectivity index (χ3v) is 3.07. The van der Waals surface area contributed by atoms with Gasteiger partial charge >= 0.3 is 0 Å². The Morgan fingerprint density at radius 1 is 0.600 bits per heavy atom. The van der Waals surface area contributed by atoms with Crippen molar-refractivity contribution >= 4 is 34.8 Å². The summed E-state index contributed by atoms with van der Waals surface area (Å²) in [4.78, 5) is 0. The van der Waals surface area contributed by atoms with Gasteiger partial charge in [-0.25, -0.2) is 0 Å². The van der Waals surface area contributed by atoms with Gasteiger partial charge < -0.3 is 0 Å². The van der Waals surface area contributed by atoms with Gasteiger partial charge in [0.15, 0.2) is 0 Å². The van der Waals surface area contributed by atoms with Crippen LogP contribution in [-0.2, 0) is 0 Å². The van der Waals surface area contributed by atoms with E-state index in [1.54, 1.807) is 12.1 Å². The molecule has 0 spiro atoms. The van der Waals surface area contributed by atoms with Crippen LogP contribution in [0.5, 0.6) is 0 Å². The third kappa shape index (κ3) is 2.12. The monoisotopic (exact) mass is 268 g/mol.